The number of benzene rings is 3. The van der Waals surface area contributed by atoms with Gasteiger partial charge in [0.1, 0.15) is 6.54 Å². The summed E-state index contributed by atoms with van der Waals surface area (Å²) in [4.78, 5) is 15.6. The Morgan fingerprint density at radius 1 is 1.03 bits per heavy atom. The molecule has 0 aliphatic heterocycles. The van der Waals surface area contributed by atoms with Crippen molar-refractivity contribution in [3.63, 3.8) is 0 Å². The molecule has 0 saturated carbocycles. The second-order valence-corrected chi connectivity index (χ2v) is 10.6. The van der Waals surface area contributed by atoms with Gasteiger partial charge in [-0.15, -0.1) is 10.2 Å². The van der Waals surface area contributed by atoms with Crippen LogP contribution in [0.15, 0.2) is 86.3 Å². The first-order valence-electron chi connectivity index (χ1n) is 10.3. The molecule has 1 heterocycles. The molecule has 0 spiro atoms. The van der Waals surface area contributed by atoms with Gasteiger partial charge in [-0.3, -0.25) is 9.10 Å². The molecule has 0 unspecified atom stereocenters. The predicted octanol–water partition coefficient (Wildman–Crippen LogP) is 5.76. The summed E-state index contributed by atoms with van der Waals surface area (Å²) in [6.07, 6.45) is 0. The van der Waals surface area contributed by atoms with Crippen molar-refractivity contribution in [2.45, 2.75) is 18.7 Å². The van der Waals surface area contributed by atoms with Crippen LogP contribution in [-0.4, -0.2) is 31.0 Å². The van der Waals surface area contributed by atoms with Crippen LogP contribution in [0.25, 0.3) is 10.9 Å². The van der Waals surface area contributed by atoms with Crippen molar-refractivity contribution >= 4 is 54.1 Å². The number of H-pyrrole nitrogens is 1. The molecule has 0 bridgehead atoms. The Bertz CT molecular complexity index is 1490. The Morgan fingerprint density at radius 2 is 1.71 bits per heavy atom. The molecule has 4 rings (SSSR count). The molecule has 10 heteroatoms. The Morgan fingerprint density at radius 3 is 2.38 bits per heavy atom. The highest BCUT2D eigenvalue weighted by Gasteiger charge is 2.27. The lowest BCUT2D eigenvalue weighted by Gasteiger charge is -2.23. The summed E-state index contributed by atoms with van der Waals surface area (Å²) >= 11 is 3.36. The van der Waals surface area contributed by atoms with Gasteiger partial charge in [0.15, 0.2) is 5.69 Å². The molecule has 34 heavy (non-hydrogen) atoms. The van der Waals surface area contributed by atoms with Crippen molar-refractivity contribution in [3.8, 4) is 5.88 Å². The summed E-state index contributed by atoms with van der Waals surface area (Å²) in [5.74, 6) is -1.03. The van der Waals surface area contributed by atoms with Crippen LogP contribution in [0.3, 0.4) is 0 Å². The molecule has 1 amide bonds. The van der Waals surface area contributed by atoms with Crippen LogP contribution < -0.4 is 4.31 Å². The van der Waals surface area contributed by atoms with Gasteiger partial charge in [0, 0.05) is 9.86 Å². The fourth-order valence-electron chi connectivity index (χ4n) is 3.63. The monoisotopic (exact) mass is 540 g/mol. The number of sulfonamides is 1. The van der Waals surface area contributed by atoms with Crippen LogP contribution >= 0.6 is 15.9 Å². The van der Waals surface area contributed by atoms with E-state index in [1.807, 2.05) is 19.9 Å². The minimum atomic E-state index is -4.05. The zero-order valence-corrected chi connectivity index (χ0v) is 20.8. The smallest absolute Gasteiger partial charge is 0.285 e. The predicted molar refractivity (Wildman–Crippen MR) is 134 cm³/mol. The number of carbonyl (C=O) groups is 1. The normalized spacial score (nSPS) is 11.9. The van der Waals surface area contributed by atoms with Gasteiger partial charge in [-0.25, -0.2) is 8.42 Å². The number of rotatable bonds is 6. The lowest BCUT2D eigenvalue weighted by atomic mass is 10.1. The number of aromatic nitrogens is 1. The van der Waals surface area contributed by atoms with Crippen molar-refractivity contribution in [3.05, 3.63) is 82.3 Å². The molecule has 0 atom stereocenters. The SMILES string of the molecule is Cc1cc(C)cc(N(CC(=O)N=Nc2c(O)[nH]c3ccc(Br)cc23)S(=O)(=O)c2ccccc2)c1. The molecule has 0 aliphatic rings. The number of hydrogen-bond acceptors (Lipinski definition) is 5. The summed E-state index contributed by atoms with van der Waals surface area (Å²) in [6, 6.07) is 18.5. The number of aromatic amines is 1. The molecule has 8 nitrogen and oxygen atoms in total. The Kier molecular flexibility index (Phi) is 6.54. The number of amides is 1. The van der Waals surface area contributed by atoms with E-state index < -0.39 is 22.5 Å². The van der Waals surface area contributed by atoms with Gasteiger partial charge in [-0.05, 0) is 67.4 Å². The van der Waals surface area contributed by atoms with Gasteiger partial charge in [-0.1, -0.05) is 40.2 Å². The third kappa shape index (κ3) is 4.87. The fraction of sp³-hybridized carbons (Fsp3) is 0.125. The first-order valence-corrected chi connectivity index (χ1v) is 12.5. The third-order valence-electron chi connectivity index (χ3n) is 5.08. The molecule has 2 N–H and O–H groups in total. The summed E-state index contributed by atoms with van der Waals surface area (Å²) in [6.45, 7) is 3.14. The van der Waals surface area contributed by atoms with E-state index in [-0.39, 0.29) is 16.5 Å². The van der Waals surface area contributed by atoms with Crippen LogP contribution in [0.1, 0.15) is 11.1 Å². The standard InChI is InChI=1S/C24H21BrN4O4S/c1-15-10-16(2)12-18(11-15)29(34(32,33)19-6-4-3-5-7-19)14-22(30)27-28-23-20-13-17(25)8-9-21(20)26-24(23)31/h3-13,26,31H,14H2,1-2H3. The first-order chi connectivity index (χ1) is 16.1. The number of anilines is 1. The average molecular weight is 541 g/mol. The van der Waals surface area contributed by atoms with Gasteiger partial charge >= 0.3 is 0 Å². The van der Waals surface area contributed by atoms with E-state index in [4.69, 9.17) is 0 Å². The number of halogens is 1. The second-order valence-electron chi connectivity index (χ2n) is 7.78. The average Bonchev–Trinajstić information content (AvgIpc) is 3.10. The Hall–Kier alpha value is -3.50. The molecule has 0 saturated heterocycles. The highest BCUT2D eigenvalue weighted by atomic mass is 79.9. The molecule has 0 aliphatic carbocycles. The number of aryl methyl sites for hydroxylation is 2. The topological polar surface area (TPSA) is 115 Å². The summed E-state index contributed by atoms with van der Waals surface area (Å²) in [5.41, 5.74) is 2.76. The summed E-state index contributed by atoms with van der Waals surface area (Å²) in [5, 5.41) is 18.4. The van der Waals surface area contributed by atoms with E-state index in [0.717, 1.165) is 19.9 Å². The van der Waals surface area contributed by atoms with E-state index in [2.05, 4.69) is 31.1 Å². The maximum Gasteiger partial charge on any atom is 0.285 e. The molecule has 3 aromatic carbocycles. The molecule has 0 radical (unpaired) electrons. The maximum absolute atomic E-state index is 13.4. The quantitative estimate of drug-likeness (QED) is 0.302. The highest BCUT2D eigenvalue weighted by Crippen LogP contribution is 2.37. The van der Waals surface area contributed by atoms with Crippen molar-refractivity contribution in [2.24, 2.45) is 10.2 Å². The van der Waals surface area contributed by atoms with Gasteiger partial charge in [-0.2, -0.15) is 0 Å². The van der Waals surface area contributed by atoms with Gasteiger partial charge in [0.2, 0.25) is 5.88 Å². The largest absolute Gasteiger partial charge is 0.493 e. The summed E-state index contributed by atoms with van der Waals surface area (Å²) in [7, 11) is -4.05. The van der Waals surface area contributed by atoms with E-state index >= 15 is 0 Å². The number of aromatic hydroxyl groups is 1. The lowest BCUT2D eigenvalue weighted by molar-refractivity contribution is -0.116. The number of fused-ring (bicyclic) bond motifs is 1. The van der Waals surface area contributed by atoms with Gasteiger partial charge < -0.3 is 10.1 Å². The zero-order chi connectivity index (χ0) is 24.5. The molecule has 174 valence electrons. The number of azo groups is 1. The van der Waals surface area contributed by atoms with Crippen LogP contribution in [0.5, 0.6) is 5.88 Å². The van der Waals surface area contributed by atoms with Crippen molar-refractivity contribution in [1.29, 1.82) is 0 Å². The molecule has 1 aromatic heterocycles. The number of nitrogens with zero attached hydrogens (tertiary/aromatic N) is 3. The Labute approximate surface area is 205 Å². The van der Waals surface area contributed by atoms with Crippen molar-refractivity contribution in [1.82, 2.24) is 4.98 Å². The van der Waals surface area contributed by atoms with Crippen molar-refractivity contribution in [2.75, 3.05) is 10.8 Å². The molecule has 4 aromatic rings. The van der Waals surface area contributed by atoms with Crippen LogP contribution in [0, 0.1) is 13.8 Å². The fourth-order valence-corrected chi connectivity index (χ4v) is 5.41. The lowest BCUT2D eigenvalue weighted by Crippen LogP contribution is -2.35. The van der Waals surface area contributed by atoms with E-state index in [9.17, 15) is 18.3 Å². The van der Waals surface area contributed by atoms with Gasteiger partial charge in [0.05, 0.1) is 16.1 Å². The Balaban J connectivity index is 1.70. The first kappa shape index (κ1) is 23.7. The van der Waals surface area contributed by atoms with Crippen LogP contribution in [0.4, 0.5) is 11.4 Å². The molecular formula is C24H21BrN4O4S. The number of carbonyl (C=O) groups excluding carboxylic acids is 1. The number of nitrogens with one attached hydrogen (secondary N) is 1. The molecule has 0 fully saturated rings. The minimum absolute atomic E-state index is 0.0537. The second kappa shape index (κ2) is 9.40. The molecular weight excluding hydrogens is 520 g/mol. The summed E-state index contributed by atoms with van der Waals surface area (Å²) < 4.78 is 28.7. The van der Waals surface area contributed by atoms with E-state index in [1.54, 1.807) is 48.5 Å². The van der Waals surface area contributed by atoms with E-state index in [0.29, 0.717) is 16.6 Å². The van der Waals surface area contributed by atoms with E-state index in [1.165, 1.54) is 12.1 Å². The maximum atomic E-state index is 13.4. The third-order valence-corrected chi connectivity index (χ3v) is 7.36. The minimum Gasteiger partial charge on any atom is -0.493 e. The van der Waals surface area contributed by atoms with Crippen LogP contribution in [-0.2, 0) is 14.8 Å². The van der Waals surface area contributed by atoms with Gasteiger partial charge in [0.25, 0.3) is 15.9 Å². The van der Waals surface area contributed by atoms with Crippen molar-refractivity contribution < 1.29 is 18.3 Å². The zero-order valence-electron chi connectivity index (χ0n) is 18.4. The highest BCUT2D eigenvalue weighted by molar-refractivity contribution is 9.10. The van der Waals surface area contributed by atoms with Crippen LogP contribution in [0.2, 0.25) is 0 Å². The number of hydrogen-bond donors (Lipinski definition) is 2.